The number of benzene rings is 1. The molecule has 0 spiro atoms. The van der Waals surface area contributed by atoms with Crippen molar-refractivity contribution in [1.29, 1.82) is 0 Å². The molecule has 0 radical (unpaired) electrons. The van der Waals surface area contributed by atoms with Gasteiger partial charge < -0.3 is 10.3 Å². The summed E-state index contributed by atoms with van der Waals surface area (Å²) in [5.41, 5.74) is 6.95. The normalized spacial score (nSPS) is 10.4. The number of nitrogens with zero attached hydrogens (tertiary/aromatic N) is 1. The van der Waals surface area contributed by atoms with Gasteiger partial charge in [0.15, 0.2) is 0 Å². The van der Waals surface area contributed by atoms with Crippen LogP contribution in [0.25, 0.3) is 0 Å². The van der Waals surface area contributed by atoms with Crippen molar-refractivity contribution < 1.29 is 13.7 Å². The predicted molar refractivity (Wildman–Crippen MR) is 64.7 cm³/mol. The van der Waals surface area contributed by atoms with Crippen LogP contribution >= 0.6 is 0 Å². The van der Waals surface area contributed by atoms with Crippen LogP contribution in [0.2, 0.25) is 0 Å². The fourth-order valence-electron chi connectivity index (χ4n) is 1.42. The van der Waals surface area contributed by atoms with Gasteiger partial charge in [-0.15, -0.1) is 0 Å². The van der Waals surface area contributed by atoms with Gasteiger partial charge in [0.2, 0.25) is 5.88 Å². The maximum atomic E-state index is 13.5. The standard InChI is InChI=1S/C12H12FN3O2/c1-6-7(2)16-18-12(6)15-11(17)9-4-3-8(14)5-10(9)13/h3-5H,14H2,1-2H3,(H,15,17). The van der Waals surface area contributed by atoms with Crippen molar-refractivity contribution in [3.63, 3.8) is 0 Å². The summed E-state index contributed by atoms with van der Waals surface area (Å²) < 4.78 is 18.4. The Labute approximate surface area is 103 Å². The number of aromatic nitrogens is 1. The third-order valence-corrected chi connectivity index (χ3v) is 2.62. The van der Waals surface area contributed by atoms with Crippen LogP contribution < -0.4 is 11.1 Å². The topological polar surface area (TPSA) is 81.2 Å². The molecule has 0 aliphatic carbocycles. The molecule has 1 aromatic heterocycles. The van der Waals surface area contributed by atoms with Crippen LogP contribution in [0.15, 0.2) is 22.7 Å². The molecule has 18 heavy (non-hydrogen) atoms. The number of nitrogens with one attached hydrogen (secondary N) is 1. The van der Waals surface area contributed by atoms with E-state index in [4.69, 9.17) is 10.3 Å². The van der Waals surface area contributed by atoms with Gasteiger partial charge in [0.05, 0.1) is 11.3 Å². The zero-order valence-electron chi connectivity index (χ0n) is 9.95. The molecular weight excluding hydrogens is 237 g/mol. The van der Waals surface area contributed by atoms with Gasteiger partial charge in [0.25, 0.3) is 5.91 Å². The van der Waals surface area contributed by atoms with Crippen molar-refractivity contribution in [3.05, 3.63) is 40.8 Å². The quantitative estimate of drug-likeness (QED) is 0.800. The molecule has 0 aliphatic heterocycles. The molecule has 6 heteroatoms. The van der Waals surface area contributed by atoms with Crippen molar-refractivity contribution in [2.45, 2.75) is 13.8 Å². The first-order valence-electron chi connectivity index (χ1n) is 5.28. The Hall–Kier alpha value is -2.37. The second-order valence-electron chi connectivity index (χ2n) is 3.92. The highest BCUT2D eigenvalue weighted by Gasteiger charge is 2.16. The lowest BCUT2D eigenvalue weighted by atomic mass is 10.2. The summed E-state index contributed by atoms with van der Waals surface area (Å²) in [6.07, 6.45) is 0. The second kappa shape index (κ2) is 4.48. The van der Waals surface area contributed by atoms with Crippen molar-refractivity contribution in [1.82, 2.24) is 5.16 Å². The molecule has 0 bridgehead atoms. The number of nitrogen functional groups attached to an aromatic ring is 1. The molecule has 2 rings (SSSR count). The van der Waals surface area contributed by atoms with Crippen LogP contribution in [0.1, 0.15) is 21.6 Å². The molecule has 0 unspecified atom stereocenters. The largest absolute Gasteiger partial charge is 0.399 e. The molecule has 0 aliphatic rings. The number of carbonyl (C=O) groups excluding carboxylic acids is 1. The maximum Gasteiger partial charge on any atom is 0.261 e. The number of nitrogens with two attached hydrogens (primary N) is 1. The molecule has 1 aromatic carbocycles. The summed E-state index contributed by atoms with van der Waals surface area (Å²) in [6.45, 7) is 3.50. The number of rotatable bonds is 2. The molecule has 1 amide bonds. The van der Waals surface area contributed by atoms with E-state index in [1.165, 1.54) is 12.1 Å². The van der Waals surface area contributed by atoms with Gasteiger partial charge in [0.1, 0.15) is 5.82 Å². The monoisotopic (exact) mass is 249 g/mol. The van der Waals surface area contributed by atoms with E-state index in [1.54, 1.807) is 13.8 Å². The molecule has 0 atom stereocenters. The smallest absolute Gasteiger partial charge is 0.261 e. The molecule has 0 saturated heterocycles. The van der Waals surface area contributed by atoms with Gasteiger partial charge >= 0.3 is 0 Å². The lowest BCUT2D eigenvalue weighted by Crippen LogP contribution is -2.14. The Morgan fingerprint density at radius 1 is 1.44 bits per heavy atom. The number of hydrogen-bond donors (Lipinski definition) is 2. The van der Waals surface area contributed by atoms with E-state index in [-0.39, 0.29) is 17.1 Å². The fourth-order valence-corrected chi connectivity index (χ4v) is 1.42. The van der Waals surface area contributed by atoms with Crippen LogP contribution in [0, 0.1) is 19.7 Å². The fraction of sp³-hybridized carbons (Fsp3) is 0.167. The lowest BCUT2D eigenvalue weighted by molar-refractivity contribution is 0.102. The Kier molecular flexibility index (Phi) is 3.01. The Bertz CT molecular complexity index is 607. The predicted octanol–water partition coefficient (Wildman–Crippen LogP) is 2.27. The second-order valence-corrected chi connectivity index (χ2v) is 3.92. The average molecular weight is 249 g/mol. The summed E-state index contributed by atoms with van der Waals surface area (Å²) in [5.74, 6) is -1.07. The van der Waals surface area contributed by atoms with Crippen molar-refractivity contribution >= 4 is 17.5 Å². The Balaban J connectivity index is 2.25. The molecule has 1 heterocycles. The first kappa shape index (κ1) is 12.1. The molecule has 0 fully saturated rings. The molecular formula is C12H12FN3O2. The highest BCUT2D eigenvalue weighted by Crippen LogP contribution is 2.19. The van der Waals surface area contributed by atoms with Gasteiger partial charge in [-0.1, -0.05) is 5.16 Å². The Morgan fingerprint density at radius 2 is 2.17 bits per heavy atom. The van der Waals surface area contributed by atoms with E-state index in [1.807, 2.05) is 0 Å². The van der Waals surface area contributed by atoms with Crippen molar-refractivity contribution in [2.75, 3.05) is 11.1 Å². The van der Waals surface area contributed by atoms with E-state index in [0.717, 1.165) is 6.07 Å². The number of carbonyl (C=O) groups is 1. The third-order valence-electron chi connectivity index (χ3n) is 2.62. The van der Waals surface area contributed by atoms with Gasteiger partial charge in [-0.25, -0.2) is 4.39 Å². The molecule has 0 saturated carbocycles. The zero-order valence-corrected chi connectivity index (χ0v) is 9.95. The van der Waals surface area contributed by atoms with Crippen LogP contribution in [0.4, 0.5) is 16.0 Å². The number of anilines is 2. The van der Waals surface area contributed by atoms with E-state index in [2.05, 4.69) is 10.5 Å². The molecule has 3 N–H and O–H groups in total. The molecule has 94 valence electrons. The summed E-state index contributed by atoms with van der Waals surface area (Å²) in [7, 11) is 0. The van der Waals surface area contributed by atoms with E-state index >= 15 is 0 Å². The van der Waals surface area contributed by atoms with E-state index in [0.29, 0.717) is 11.3 Å². The summed E-state index contributed by atoms with van der Waals surface area (Å²) in [4.78, 5) is 11.8. The van der Waals surface area contributed by atoms with Crippen molar-refractivity contribution in [2.24, 2.45) is 0 Å². The van der Waals surface area contributed by atoms with Crippen LogP contribution in [0.5, 0.6) is 0 Å². The van der Waals surface area contributed by atoms with Gasteiger partial charge in [0, 0.05) is 11.3 Å². The summed E-state index contributed by atoms with van der Waals surface area (Å²) >= 11 is 0. The van der Waals surface area contributed by atoms with Crippen LogP contribution in [0.3, 0.4) is 0 Å². The number of aryl methyl sites for hydroxylation is 1. The average Bonchev–Trinajstić information content (AvgIpc) is 2.61. The SMILES string of the molecule is Cc1noc(NC(=O)c2ccc(N)cc2F)c1C. The lowest BCUT2D eigenvalue weighted by Gasteiger charge is -2.04. The van der Waals surface area contributed by atoms with E-state index in [9.17, 15) is 9.18 Å². The van der Waals surface area contributed by atoms with Gasteiger partial charge in [-0.05, 0) is 32.0 Å². The number of halogens is 1. The first-order valence-corrected chi connectivity index (χ1v) is 5.28. The van der Waals surface area contributed by atoms with Crippen molar-refractivity contribution in [3.8, 4) is 0 Å². The van der Waals surface area contributed by atoms with Crippen LogP contribution in [-0.4, -0.2) is 11.1 Å². The maximum absolute atomic E-state index is 13.5. The van der Waals surface area contributed by atoms with Gasteiger partial charge in [-0.3, -0.25) is 10.1 Å². The highest BCUT2D eigenvalue weighted by atomic mass is 19.1. The minimum Gasteiger partial charge on any atom is -0.399 e. The zero-order chi connectivity index (χ0) is 13.3. The number of amides is 1. The minimum atomic E-state index is -0.679. The molecule has 5 nitrogen and oxygen atoms in total. The highest BCUT2D eigenvalue weighted by molar-refractivity contribution is 6.04. The van der Waals surface area contributed by atoms with Gasteiger partial charge in [-0.2, -0.15) is 0 Å². The third kappa shape index (κ3) is 2.17. The minimum absolute atomic E-state index is 0.0994. The van der Waals surface area contributed by atoms with Crippen LogP contribution in [-0.2, 0) is 0 Å². The summed E-state index contributed by atoms with van der Waals surface area (Å²) in [5, 5.41) is 6.15. The summed E-state index contributed by atoms with van der Waals surface area (Å²) in [6, 6.07) is 3.86. The first-order chi connectivity index (χ1) is 8.49. The molecule has 2 aromatic rings. The Morgan fingerprint density at radius 3 is 2.72 bits per heavy atom. The van der Waals surface area contributed by atoms with E-state index < -0.39 is 11.7 Å². The number of hydrogen-bond acceptors (Lipinski definition) is 4.